The predicted octanol–water partition coefficient (Wildman–Crippen LogP) is 7.92. The van der Waals surface area contributed by atoms with Crippen molar-refractivity contribution in [1.82, 2.24) is 0 Å². The monoisotopic (exact) mass is 406 g/mol. The number of allylic oxidation sites excluding steroid dienone is 1. The third-order valence-corrected chi connectivity index (χ3v) is 4.94. The number of hydrogen-bond acceptors (Lipinski definition) is 4. The number of ketones is 1. The van der Waals surface area contributed by atoms with Gasteiger partial charge in [-0.05, 0) is 80.1 Å². The second-order valence-electron chi connectivity index (χ2n) is 7.50. The Morgan fingerprint density at radius 1 is 0.867 bits per heavy atom. The first-order valence-corrected chi connectivity index (χ1v) is 11.1. The van der Waals surface area contributed by atoms with Gasteiger partial charge in [-0.1, -0.05) is 44.9 Å². The Hall–Kier alpha value is -2.75. The van der Waals surface area contributed by atoms with E-state index >= 15 is 0 Å². The lowest BCUT2D eigenvalue weighted by Crippen LogP contribution is -1.98. The zero-order valence-electron chi connectivity index (χ0n) is 18.2. The van der Waals surface area contributed by atoms with E-state index in [4.69, 9.17) is 4.74 Å². The molecule has 4 heteroatoms. The Balaban J connectivity index is 1.70. The van der Waals surface area contributed by atoms with Crippen LogP contribution in [0.3, 0.4) is 0 Å². The van der Waals surface area contributed by atoms with Gasteiger partial charge in [0.25, 0.3) is 0 Å². The first-order valence-electron chi connectivity index (χ1n) is 11.1. The molecule has 0 aliphatic heterocycles. The van der Waals surface area contributed by atoms with Crippen LogP contribution in [-0.4, -0.2) is 12.4 Å². The Morgan fingerprint density at radius 2 is 1.50 bits per heavy atom. The van der Waals surface area contributed by atoms with Crippen LogP contribution in [-0.2, 0) is 11.2 Å². The van der Waals surface area contributed by atoms with Crippen LogP contribution >= 0.6 is 0 Å². The van der Waals surface area contributed by atoms with Gasteiger partial charge >= 0.3 is 0 Å². The summed E-state index contributed by atoms with van der Waals surface area (Å²) >= 11 is 0. The van der Waals surface area contributed by atoms with Crippen LogP contribution in [0.4, 0.5) is 11.4 Å². The maximum absolute atomic E-state index is 11.1. The van der Waals surface area contributed by atoms with Crippen LogP contribution in [0, 0.1) is 0 Å². The summed E-state index contributed by atoms with van der Waals surface area (Å²) in [6, 6.07) is 16.0. The van der Waals surface area contributed by atoms with Gasteiger partial charge in [0.1, 0.15) is 5.75 Å². The molecule has 0 saturated carbocycles. The zero-order chi connectivity index (χ0) is 21.4. The lowest BCUT2D eigenvalue weighted by Gasteiger charge is -2.06. The average Bonchev–Trinajstić information content (AvgIpc) is 2.79. The average molecular weight is 407 g/mol. The maximum Gasteiger partial charge on any atom is 0.155 e. The molecule has 0 heterocycles. The summed E-state index contributed by atoms with van der Waals surface area (Å²) in [4.78, 5) is 11.1. The molecule has 0 bridgehead atoms. The Bertz CT molecular complexity index is 780. The lowest BCUT2D eigenvalue weighted by atomic mass is 10.1. The van der Waals surface area contributed by atoms with Gasteiger partial charge in [0.05, 0.1) is 18.0 Å². The summed E-state index contributed by atoms with van der Waals surface area (Å²) in [5.74, 6) is 0.933. The van der Waals surface area contributed by atoms with Gasteiger partial charge in [-0.2, -0.15) is 10.2 Å². The molecule has 160 valence electrons. The quantitative estimate of drug-likeness (QED) is 0.171. The number of aryl methyl sites for hydroxylation is 1. The molecule has 0 aromatic heterocycles. The molecule has 30 heavy (non-hydrogen) atoms. The highest BCUT2D eigenvalue weighted by molar-refractivity contribution is 5.88. The highest BCUT2D eigenvalue weighted by Crippen LogP contribution is 2.22. The highest BCUT2D eigenvalue weighted by Gasteiger charge is 1.99. The Labute approximate surface area is 181 Å². The molecule has 0 spiro atoms. The molecule has 0 saturated heterocycles. The molecule has 2 aromatic rings. The van der Waals surface area contributed by atoms with Crippen molar-refractivity contribution in [2.75, 3.05) is 6.61 Å². The number of carbonyl (C=O) groups excluding carboxylic acids is 1. The van der Waals surface area contributed by atoms with Crippen LogP contribution in [0.5, 0.6) is 5.75 Å². The molecular weight excluding hydrogens is 372 g/mol. The number of nitrogens with zero attached hydrogens (tertiary/aromatic N) is 2. The van der Waals surface area contributed by atoms with Gasteiger partial charge in [-0.25, -0.2) is 0 Å². The number of unbranched alkanes of at least 4 members (excludes halogenated alkanes) is 5. The fourth-order valence-corrected chi connectivity index (χ4v) is 3.08. The third-order valence-electron chi connectivity index (χ3n) is 4.94. The molecule has 0 radical (unpaired) electrons. The summed E-state index contributed by atoms with van der Waals surface area (Å²) in [6.45, 7) is 6.36. The van der Waals surface area contributed by atoms with E-state index in [0.717, 1.165) is 42.8 Å². The number of hydrogen-bond donors (Lipinski definition) is 0. The summed E-state index contributed by atoms with van der Waals surface area (Å²) in [5, 5.41) is 8.63. The molecule has 0 N–H and O–H groups in total. The van der Waals surface area contributed by atoms with Crippen molar-refractivity contribution in [3.05, 3.63) is 66.7 Å². The molecule has 0 unspecified atom stereocenters. The number of azo groups is 1. The normalized spacial score (nSPS) is 11.0. The lowest BCUT2D eigenvalue weighted by molar-refractivity contribution is -0.114. The summed E-state index contributed by atoms with van der Waals surface area (Å²) in [5.41, 5.74) is 3.02. The van der Waals surface area contributed by atoms with E-state index < -0.39 is 0 Å². The van der Waals surface area contributed by atoms with Crippen molar-refractivity contribution < 1.29 is 9.53 Å². The highest BCUT2D eigenvalue weighted by atomic mass is 16.5. The van der Waals surface area contributed by atoms with Crippen molar-refractivity contribution >= 4 is 17.2 Å². The molecule has 0 atom stereocenters. The van der Waals surface area contributed by atoms with Crippen LogP contribution < -0.4 is 4.74 Å². The van der Waals surface area contributed by atoms with E-state index in [1.807, 2.05) is 36.4 Å². The number of rotatable bonds is 15. The number of carbonyl (C=O) groups is 1. The maximum atomic E-state index is 11.1. The van der Waals surface area contributed by atoms with E-state index in [1.165, 1.54) is 37.3 Å². The first-order chi connectivity index (χ1) is 14.7. The minimum atomic E-state index is 0.110. The van der Waals surface area contributed by atoms with Crippen molar-refractivity contribution in [1.29, 1.82) is 0 Å². The smallest absolute Gasteiger partial charge is 0.155 e. The van der Waals surface area contributed by atoms with E-state index in [2.05, 4.69) is 35.9 Å². The van der Waals surface area contributed by atoms with E-state index in [0.29, 0.717) is 13.0 Å². The van der Waals surface area contributed by atoms with Gasteiger partial charge < -0.3 is 4.74 Å². The Kier molecular flexibility index (Phi) is 11.2. The van der Waals surface area contributed by atoms with Crippen LogP contribution in [0.1, 0.15) is 63.9 Å². The van der Waals surface area contributed by atoms with Gasteiger partial charge in [0.15, 0.2) is 5.78 Å². The summed E-state index contributed by atoms with van der Waals surface area (Å²) < 4.78 is 5.74. The first kappa shape index (κ1) is 23.5. The van der Waals surface area contributed by atoms with Crippen molar-refractivity contribution in [2.45, 2.75) is 64.7 Å². The third kappa shape index (κ3) is 9.64. The topological polar surface area (TPSA) is 51.0 Å². The zero-order valence-corrected chi connectivity index (χ0v) is 18.2. The van der Waals surface area contributed by atoms with Gasteiger partial charge in [-0.15, -0.1) is 0 Å². The van der Waals surface area contributed by atoms with Crippen molar-refractivity contribution in [3.8, 4) is 5.75 Å². The summed E-state index contributed by atoms with van der Waals surface area (Å²) in [7, 11) is 0. The molecule has 0 aliphatic rings. The van der Waals surface area contributed by atoms with Crippen LogP contribution in [0.2, 0.25) is 0 Å². The van der Waals surface area contributed by atoms with Gasteiger partial charge in [0, 0.05) is 6.42 Å². The standard InChI is InChI=1S/C26H34N2O2/c1-3-5-6-8-11-22-13-15-23(16-14-22)27-28-24-17-19-26(20-18-24)30-21-10-7-9-12-25(29)4-2/h4,13-20H,2-3,5-12,21H2,1H3. The fourth-order valence-electron chi connectivity index (χ4n) is 3.08. The fraction of sp³-hybridized carbons (Fsp3) is 0.423. The minimum Gasteiger partial charge on any atom is -0.494 e. The van der Waals surface area contributed by atoms with Crippen molar-refractivity contribution in [2.24, 2.45) is 10.2 Å². The van der Waals surface area contributed by atoms with Crippen LogP contribution in [0.15, 0.2) is 71.4 Å². The molecule has 2 aromatic carbocycles. The Morgan fingerprint density at radius 3 is 2.13 bits per heavy atom. The second-order valence-corrected chi connectivity index (χ2v) is 7.50. The van der Waals surface area contributed by atoms with Crippen molar-refractivity contribution in [3.63, 3.8) is 0 Å². The molecular formula is C26H34N2O2. The number of ether oxygens (including phenoxy) is 1. The SMILES string of the molecule is C=CC(=O)CCCCCOc1ccc(N=Nc2ccc(CCCCCC)cc2)cc1. The minimum absolute atomic E-state index is 0.110. The molecule has 0 amide bonds. The van der Waals surface area contributed by atoms with Gasteiger partial charge in [-0.3, -0.25) is 4.79 Å². The van der Waals surface area contributed by atoms with Crippen LogP contribution in [0.25, 0.3) is 0 Å². The largest absolute Gasteiger partial charge is 0.494 e. The molecule has 0 aliphatic carbocycles. The number of benzene rings is 2. The molecule has 2 rings (SSSR count). The molecule has 0 fully saturated rings. The summed E-state index contributed by atoms with van der Waals surface area (Å²) in [6.07, 6.45) is 11.0. The van der Waals surface area contributed by atoms with E-state index in [9.17, 15) is 4.79 Å². The second kappa shape index (κ2) is 14.3. The predicted molar refractivity (Wildman–Crippen MR) is 124 cm³/mol. The van der Waals surface area contributed by atoms with Gasteiger partial charge in [0.2, 0.25) is 0 Å². The van der Waals surface area contributed by atoms with E-state index in [1.54, 1.807) is 0 Å². The molecule has 4 nitrogen and oxygen atoms in total. The van der Waals surface area contributed by atoms with E-state index in [-0.39, 0.29) is 5.78 Å².